The molecule has 0 amide bonds. The zero-order chi connectivity index (χ0) is 24.3. The number of benzene rings is 3. The molecule has 3 aromatic carbocycles. The van der Waals surface area contributed by atoms with Crippen LogP contribution in [0.15, 0.2) is 72.8 Å². The third-order valence-corrected chi connectivity index (χ3v) is 6.38. The lowest BCUT2D eigenvalue weighted by atomic mass is 9.64. The van der Waals surface area contributed by atoms with Gasteiger partial charge in [0.15, 0.2) is 0 Å². The van der Waals surface area contributed by atoms with Gasteiger partial charge in [-0.05, 0) is 59.2 Å². The van der Waals surface area contributed by atoms with Crippen molar-refractivity contribution < 1.29 is 14.2 Å². The molecule has 0 aromatic heterocycles. The minimum absolute atomic E-state index is 0.0326. The van der Waals surface area contributed by atoms with Gasteiger partial charge in [0.25, 0.3) is 0 Å². The van der Waals surface area contributed by atoms with Crippen molar-refractivity contribution in [3.05, 3.63) is 89.5 Å². The second kappa shape index (κ2) is 10.1. The summed E-state index contributed by atoms with van der Waals surface area (Å²) in [6.45, 7) is 14.6. The maximum Gasteiger partial charge on any atom is 0.124 e. The van der Waals surface area contributed by atoms with Crippen LogP contribution < -0.4 is 14.2 Å². The molecule has 1 heterocycles. The van der Waals surface area contributed by atoms with Gasteiger partial charge < -0.3 is 14.2 Å². The topological polar surface area (TPSA) is 27.7 Å². The lowest BCUT2D eigenvalue weighted by Gasteiger charge is -2.38. The van der Waals surface area contributed by atoms with Crippen LogP contribution >= 0.6 is 0 Å². The van der Waals surface area contributed by atoms with Crippen molar-refractivity contribution >= 4 is 0 Å². The molecule has 1 unspecified atom stereocenters. The van der Waals surface area contributed by atoms with E-state index < -0.39 is 5.41 Å². The summed E-state index contributed by atoms with van der Waals surface area (Å²) in [6, 6.07) is 25.7. The smallest absolute Gasteiger partial charge is 0.124 e. The van der Waals surface area contributed by atoms with Gasteiger partial charge in [-0.2, -0.15) is 0 Å². The first-order valence-electron chi connectivity index (χ1n) is 12.5. The van der Waals surface area contributed by atoms with Crippen LogP contribution in [0, 0.1) is 17.8 Å². The van der Waals surface area contributed by atoms with E-state index in [9.17, 15) is 0 Å². The molecule has 4 rings (SSSR count). The van der Waals surface area contributed by atoms with Crippen LogP contribution in [0.25, 0.3) is 0 Å². The number of rotatable bonds is 9. The average molecular weight is 459 g/mol. The van der Waals surface area contributed by atoms with Gasteiger partial charge in [0, 0.05) is 5.56 Å². The van der Waals surface area contributed by atoms with Gasteiger partial charge in [-0.25, -0.2) is 0 Å². The predicted molar refractivity (Wildman–Crippen MR) is 139 cm³/mol. The fraction of sp³-hybridized carbons (Fsp3) is 0.419. The van der Waals surface area contributed by atoms with Gasteiger partial charge in [-0.15, -0.1) is 0 Å². The summed E-state index contributed by atoms with van der Waals surface area (Å²) in [4.78, 5) is 0. The summed E-state index contributed by atoms with van der Waals surface area (Å²) in [6.07, 6.45) is -0.0326. The summed E-state index contributed by atoms with van der Waals surface area (Å²) >= 11 is 0. The van der Waals surface area contributed by atoms with E-state index in [1.807, 2.05) is 0 Å². The maximum atomic E-state index is 6.65. The monoisotopic (exact) mass is 458 g/mol. The van der Waals surface area contributed by atoms with E-state index in [1.165, 1.54) is 16.7 Å². The second-order valence-electron chi connectivity index (χ2n) is 10.5. The first-order chi connectivity index (χ1) is 16.3. The van der Waals surface area contributed by atoms with Crippen LogP contribution in [0.4, 0.5) is 0 Å². The number of fused-ring (bicyclic) bond motifs is 1. The van der Waals surface area contributed by atoms with Crippen LogP contribution in [0.2, 0.25) is 0 Å². The fourth-order valence-corrected chi connectivity index (χ4v) is 4.87. The second-order valence-corrected chi connectivity index (χ2v) is 10.5. The van der Waals surface area contributed by atoms with Crippen LogP contribution in [0.5, 0.6) is 17.2 Å². The van der Waals surface area contributed by atoms with Gasteiger partial charge in [-0.3, -0.25) is 0 Å². The summed E-state index contributed by atoms with van der Waals surface area (Å²) in [5.41, 5.74) is 3.21. The molecule has 0 radical (unpaired) electrons. The van der Waals surface area contributed by atoms with Crippen molar-refractivity contribution in [3.8, 4) is 17.2 Å². The Bertz CT molecular complexity index is 1010. The maximum absolute atomic E-state index is 6.65. The van der Waals surface area contributed by atoms with Gasteiger partial charge in [0.1, 0.15) is 23.4 Å². The Morgan fingerprint density at radius 3 is 1.59 bits per heavy atom. The standard InChI is InChI=1S/C31H38O3/c1-21(2)19-32-26-15-11-24(12-16-26)31(25-13-17-27(18-14-25)33-20-22(3)4)28-9-7-8-10-29(28)34-30(31)23(5)6/h7-18,21-23,30H,19-20H2,1-6H3. The summed E-state index contributed by atoms with van der Waals surface area (Å²) in [5, 5.41) is 0. The van der Waals surface area contributed by atoms with Gasteiger partial charge in [0.2, 0.25) is 0 Å². The van der Waals surface area contributed by atoms with Crippen molar-refractivity contribution in [2.45, 2.75) is 53.1 Å². The Balaban J connectivity index is 1.82. The Labute approximate surface area is 205 Å². The zero-order valence-electron chi connectivity index (χ0n) is 21.4. The molecule has 0 spiro atoms. The molecule has 0 fully saturated rings. The number of hydrogen-bond donors (Lipinski definition) is 0. The molecule has 1 aliphatic rings. The van der Waals surface area contributed by atoms with Crippen molar-refractivity contribution in [1.82, 2.24) is 0 Å². The van der Waals surface area contributed by atoms with Gasteiger partial charge in [0.05, 0.1) is 18.6 Å². The van der Waals surface area contributed by atoms with Gasteiger partial charge in [-0.1, -0.05) is 84.0 Å². The number of ether oxygens (including phenoxy) is 3. The molecular formula is C31H38O3. The summed E-state index contributed by atoms with van der Waals surface area (Å²) in [5.74, 6) is 4.05. The highest BCUT2D eigenvalue weighted by atomic mass is 16.5. The van der Waals surface area contributed by atoms with E-state index in [4.69, 9.17) is 14.2 Å². The van der Waals surface area contributed by atoms with Crippen molar-refractivity contribution in [3.63, 3.8) is 0 Å². The third-order valence-electron chi connectivity index (χ3n) is 6.38. The summed E-state index contributed by atoms with van der Waals surface area (Å²) in [7, 11) is 0. The molecule has 180 valence electrons. The van der Waals surface area contributed by atoms with E-state index in [-0.39, 0.29) is 6.10 Å². The quantitative estimate of drug-likeness (QED) is 0.332. The highest BCUT2D eigenvalue weighted by molar-refractivity contribution is 5.61. The molecule has 0 N–H and O–H groups in total. The Hall–Kier alpha value is -2.94. The Morgan fingerprint density at radius 1 is 0.676 bits per heavy atom. The van der Waals surface area contributed by atoms with E-state index >= 15 is 0 Å². The number of hydrogen-bond acceptors (Lipinski definition) is 3. The van der Waals surface area contributed by atoms with Crippen molar-refractivity contribution in [2.24, 2.45) is 17.8 Å². The first kappa shape index (κ1) is 24.2. The van der Waals surface area contributed by atoms with Crippen LogP contribution in [0.3, 0.4) is 0 Å². The Morgan fingerprint density at radius 2 is 1.15 bits per heavy atom. The first-order valence-corrected chi connectivity index (χ1v) is 12.5. The minimum Gasteiger partial charge on any atom is -0.493 e. The molecule has 3 heteroatoms. The van der Waals surface area contributed by atoms with Gasteiger partial charge >= 0.3 is 0 Å². The molecule has 1 atom stereocenters. The van der Waals surface area contributed by atoms with E-state index in [1.54, 1.807) is 0 Å². The zero-order valence-corrected chi connectivity index (χ0v) is 21.4. The molecule has 0 aliphatic carbocycles. The predicted octanol–water partition coefficient (Wildman–Crippen LogP) is 7.51. The largest absolute Gasteiger partial charge is 0.493 e. The van der Waals surface area contributed by atoms with E-state index in [2.05, 4.69) is 114 Å². The molecule has 3 nitrogen and oxygen atoms in total. The Kier molecular flexibility index (Phi) is 7.21. The highest BCUT2D eigenvalue weighted by Gasteiger charge is 2.52. The molecule has 0 saturated heterocycles. The minimum atomic E-state index is -0.419. The molecule has 3 aromatic rings. The SMILES string of the molecule is CC(C)COc1ccc(C2(c3ccc(OCC(C)C)cc3)c3ccccc3OC2C(C)C)cc1. The van der Waals surface area contributed by atoms with Crippen LogP contribution in [-0.2, 0) is 5.41 Å². The molecule has 1 aliphatic heterocycles. The lowest BCUT2D eigenvalue weighted by Crippen LogP contribution is -2.43. The fourth-order valence-electron chi connectivity index (χ4n) is 4.87. The molecule has 0 saturated carbocycles. The third kappa shape index (κ3) is 4.66. The lowest BCUT2D eigenvalue weighted by molar-refractivity contribution is 0.135. The van der Waals surface area contributed by atoms with Crippen molar-refractivity contribution in [2.75, 3.05) is 13.2 Å². The van der Waals surface area contributed by atoms with E-state index in [0.29, 0.717) is 31.0 Å². The van der Waals surface area contributed by atoms with Crippen LogP contribution in [0.1, 0.15) is 58.2 Å². The van der Waals surface area contributed by atoms with Crippen molar-refractivity contribution in [1.29, 1.82) is 0 Å². The number of para-hydroxylation sites is 1. The molecular weight excluding hydrogens is 420 g/mol. The highest BCUT2D eigenvalue weighted by Crippen LogP contribution is 2.53. The molecule has 0 bridgehead atoms. The molecule has 34 heavy (non-hydrogen) atoms. The summed E-state index contributed by atoms with van der Waals surface area (Å²) < 4.78 is 18.6. The average Bonchev–Trinajstić information content (AvgIpc) is 3.18. The normalized spacial score (nSPS) is 16.6. The van der Waals surface area contributed by atoms with E-state index in [0.717, 1.165) is 17.2 Å². The van der Waals surface area contributed by atoms with Crippen LogP contribution in [-0.4, -0.2) is 19.3 Å².